The first kappa shape index (κ1) is 27.5. The number of rotatable bonds is 4. The predicted octanol–water partition coefficient (Wildman–Crippen LogP) is 8.95. The smallest absolute Gasteiger partial charge is 0.265 e. The van der Waals surface area contributed by atoms with Gasteiger partial charge in [0.1, 0.15) is 0 Å². The van der Waals surface area contributed by atoms with Crippen molar-refractivity contribution in [3.05, 3.63) is 167 Å². The molecule has 3 nitrogen and oxygen atoms in total. The van der Waals surface area contributed by atoms with E-state index in [0.29, 0.717) is 10.9 Å². The minimum atomic E-state index is -0.118. The maximum absolute atomic E-state index is 13.9. The van der Waals surface area contributed by atoms with Crippen molar-refractivity contribution in [1.29, 1.82) is 0 Å². The Morgan fingerprint density at radius 2 is 1.15 bits per heavy atom. The molecule has 2 heterocycles. The number of hydrogen-bond acceptors (Lipinski definition) is 2. The number of pyridine rings is 2. The highest BCUT2D eigenvalue weighted by Gasteiger charge is 2.13. The average Bonchev–Trinajstić information content (AvgIpc) is 3.12. The standard InChI is InChI=1S/C43H30N2O/c1-3-4-21-41-28(2)42-39(20-11-24-44-42)43(46)45(41)33-15-10-14-31(26-33)29-12-9-13-30(25-29)32-22-23-38-36-18-6-5-16-34(36)35-17-7-8-19-37(35)40(38)27-32/h3-27H,2H2,1H3/b4-3-,41-21+. The van der Waals surface area contributed by atoms with Crippen molar-refractivity contribution in [2.75, 3.05) is 0 Å². The van der Waals surface area contributed by atoms with Crippen molar-refractivity contribution in [3.8, 4) is 27.9 Å². The normalized spacial score (nSPS) is 12.2. The van der Waals surface area contributed by atoms with Gasteiger partial charge in [-0.15, -0.1) is 0 Å². The van der Waals surface area contributed by atoms with Crippen LogP contribution in [-0.4, -0.2) is 9.55 Å². The Hall–Kier alpha value is -6.06. The fourth-order valence-electron chi connectivity index (χ4n) is 6.71. The molecule has 0 spiro atoms. The molecule has 0 aliphatic heterocycles. The first-order chi connectivity index (χ1) is 22.6. The number of nitrogens with zero attached hydrogens (tertiary/aromatic N) is 2. The van der Waals surface area contributed by atoms with Crippen LogP contribution in [0.15, 0.2) is 151 Å². The van der Waals surface area contributed by atoms with Crippen LogP contribution in [0.2, 0.25) is 0 Å². The molecule has 0 radical (unpaired) electrons. The second kappa shape index (κ2) is 11.1. The summed E-state index contributed by atoms with van der Waals surface area (Å²) in [5.74, 6) is 0. The summed E-state index contributed by atoms with van der Waals surface area (Å²) < 4.78 is 1.75. The molecular weight excluding hydrogens is 560 g/mol. The van der Waals surface area contributed by atoms with Gasteiger partial charge in [-0.3, -0.25) is 14.3 Å². The zero-order chi connectivity index (χ0) is 31.2. The highest BCUT2D eigenvalue weighted by atomic mass is 16.1. The molecule has 0 saturated heterocycles. The van der Waals surface area contributed by atoms with Crippen LogP contribution in [0.3, 0.4) is 0 Å². The monoisotopic (exact) mass is 590 g/mol. The van der Waals surface area contributed by atoms with E-state index < -0.39 is 0 Å². The van der Waals surface area contributed by atoms with Crippen LogP contribution >= 0.6 is 0 Å². The Bertz CT molecular complexity index is 2660. The van der Waals surface area contributed by atoms with Gasteiger partial charge in [0.15, 0.2) is 0 Å². The van der Waals surface area contributed by atoms with Crippen LogP contribution in [-0.2, 0) is 0 Å². The molecule has 0 atom stereocenters. The minimum absolute atomic E-state index is 0.118. The summed E-state index contributed by atoms with van der Waals surface area (Å²) in [7, 11) is 0. The molecule has 0 amide bonds. The fourth-order valence-corrected chi connectivity index (χ4v) is 6.71. The molecule has 46 heavy (non-hydrogen) atoms. The second-order valence-electron chi connectivity index (χ2n) is 11.6. The number of allylic oxidation sites excluding steroid dienone is 2. The third kappa shape index (κ3) is 4.44. The molecule has 3 heteroatoms. The lowest BCUT2D eigenvalue weighted by molar-refractivity contribution is 0.954. The molecule has 0 aliphatic rings. The van der Waals surface area contributed by atoms with Crippen LogP contribution in [0.5, 0.6) is 0 Å². The van der Waals surface area contributed by atoms with E-state index in [4.69, 9.17) is 0 Å². The van der Waals surface area contributed by atoms with Gasteiger partial charge in [-0.05, 0) is 104 Å². The lowest BCUT2D eigenvalue weighted by atomic mass is 9.91. The van der Waals surface area contributed by atoms with Gasteiger partial charge >= 0.3 is 0 Å². The fraction of sp³-hybridized carbons (Fsp3) is 0.0233. The van der Waals surface area contributed by atoms with E-state index >= 15 is 0 Å². The molecule has 0 unspecified atom stereocenters. The molecule has 6 aromatic carbocycles. The quantitative estimate of drug-likeness (QED) is 0.192. The van der Waals surface area contributed by atoms with E-state index in [1.165, 1.54) is 32.3 Å². The summed E-state index contributed by atoms with van der Waals surface area (Å²) in [4.78, 5) is 18.4. The first-order valence-corrected chi connectivity index (χ1v) is 15.5. The topological polar surface area (TPSA) is 34.9 Å². The highest BCUT2D eigenvalue weighted by molar-refractivity contribution is 6.25. The summed E-state index contributed by atoms with van der Waals surface area (Å²) in [6.45, 7) is 6.28. The number of aromatic nitrogens is 2. The van der Waals surface area contributed by atoms with Gasteiger partial charge < -0.3 is 0 Å². The summed E-state index contributed by atoms with van der Waals surface area (Å²) in [5.41, 5.74) is 5.69. The Morgan fingerprint density at radius 3 is 1.83 bits per heavy atom. The van der Waals surface area contributed by atoms with Crippen molar-refractivity contribution in [1.82, 2.24) is 9.55 Å². The molecule has 218 valence electrons. The van der Waals surface area contributed by atoms with Gasteiger partial charge in [-0.2, -0.15) is 0 Å². The van der Waals surface area contributed by atoms with E-state index in [-0.39, 0.29) is 5.56 Å². The molecule has 0 N–H and O–H groups in total. The van der Waals surface area contributed by atoms with Crippen molar-refractivity contribution >= 4 is 55.9 Å². The Morgan fingerprint density at radius 1 is 0.587 bits per heavy atom. The molecule has 0 saturated carbocycles. The van der Waals surface area contributed by atoms with Gasteiger partial charge in [0.2, 0.25) is 0 Å². The van der Waals surface area contributed by atoms with Gasteiger partial charge in [-0.1, -0.05) is 110 Å². The van der Waals surface area contributed by atoms with Crippen molar-refractivity contribution in [2.24, 2.45) is 0 Å². The minimum Gasteiger partial charge on any atom is -0.276 e. The molecule has 0 aliphatic carbocycles. The molecule has 2 aromatic heterocycles. The molecular formula is C43H30N2O. The van der Waals surface area contributed by atoms with Crippen LogP contribution in [0.1, 0.15) is 6.92 Å². The van der Waals surface area contributed by atoms with Crippen LogP contribution in [0.4, 0.5) is 0 Å². The number of hydrogen-bond donors (Lipinski definition) is 0. The largest absolute Gasteiger partial charge is 0.276 e. The third-order valence-electron chi connectivity index (χ3n) is 8.90. The molecule has 0 fully saturated rings. The van der Waals surface area contributed by atoms with E-state index in [1.54, 1.807) is 16.8 Å². The van der Waals surface area contributed by atoms with E-state index in [1.807, 2.05) is 43.4 Å². The lowest BCUT2D eigenvalue weighted by Crippen LogP contribution is -2.42. The SMILES string of the molecule is C=c1/c(=C\C=C/C)n(-c2cccc(-c3cccc(-c4ccc5c6ccccc6c6ccccc6c5c4)c3)c2)c(=O)c2cccnc12. The number of benzene rings is 6. The van der Waals surface area contributed by atoms with Gasteiger partial charge in [0.05, 0.1) is 16.3 Å². The van der Waals surface area contributed by atoms with E-state index in [9.17, 15) is 4.79 Å². The summed E-state index contributed by atoms with van der Waals surface area (Å²) in [6, 6.07) is 44.5. The van der Waals surface area contributed by atoms with Gasteiger partial charge in [0, 0.05) is 17.1 Å². The highest BCUT2D eigenvalue weighted by Crippen LogP contribution is 2.37. The average molecular weight is 591 g/mol. The van der Waals surface area contributed by atoms with Crippen molar-refractivity contribution < 1.29 is 0 Å². The third-order valence-corrected chi connectivity index (χ3v) is 8.90. The van der Waals surface area contributed by atoms with E-state index in [2.05, 4.69) is 115 Å². The first-order valence-electron chi connectivity index (χ1n) is 15.5. The van der Waals surface area contributed by atoms with Crippen molar-refractivity contribution in [3.63, 3.8) is 0 Å². The maximum Gasteiger partial charge on any atom is 0.265 e. The lowest BCUT2D eigenvalue weighted by Gasteiger charge is -2.13. The van der Waals surface area contributed by atoms with Gasteiger partial charge in [0.25, 0.3) is 5.56 Å². The van der Waals surface area contributed by atoms with Gasteiger partial charge in [-0.25, -0.2) is 0 Å². The maximum atomic E-state index is 13.9. The zero-order valence-electron chi connectivity index (χ0n) is 25.4. The van der Waals surface area contributed by atoms with Crippen LogP contribution in [0, 0.1) is 0 Å². The van der Waals surface area contributed by atoms with Crippen LogP contribution in [0.25, 0.3) is 83.8 Å². The summed E-state index contributed by atoms with van der Waals surface area (Å²) in [5, 5.41) is 9.57. The predicted molar refractivity (Wildman–Crippen MR) is 195 cm³/mol. The molecule has 0 bridgehead atoms. The Balaban J connectivity index is 1.28. The van der Waals surface area contributed by atoms with E-state index in [0.717, 1.165) is 38.5 Å². The zero-order valence-corrected chi connectivity index (χ0v) is 25.4. The Labute approximate surface area is 266 Å². The number of fused-ring (bicyclic) bond motifs is 7. The second-order valence-corrected chi connectivity index (χ2v) is 11.6. The van der Waals surface area contributed by atoms with Crippen LogP contribution < -0.4 is 16.1 Å². The molecule has 8 aromatic rings. The summed E-state index contributed by atoms with van der Waals surface area (Å²) in [6.07, 6.45) is 7.50. The molecule has 8 rings (SSSR count). The summed E-state index contributed by atoms with van der Waals surface area (Å²) >= 11 is 0. The Kier molecular flexibility index (Phi) is 6.66. The van der Waals surface area contributed by atoms with Crippen molar-refractivity contribution in [2.45, 2.75) is 6.92 Å².